The lowest BCUT2D eigenvalue weighted by molar-refractivity contribution is -0.120. The lowest BCUT2D eigenvalue weighted by atomic mass is 10.1. The summed E-state index contributed by atoms with van der Waals surface area (Å²) in [6.07, 6.45) is 0.801. The Balaban J connectivity index is 1.53. The lowest BCUT2D eigenvalue weighted by Crippen LogP contribution is -2.27. The minimum absolute atomic E-state index is 0.104. The zero-order valence-corrected chi connectivity index (χ0v) is 14.9. The molecule has 6 heteroatoms. The average molecular weight is 375 g/mol. The zero-order chi connectivity index (χ0) is 17.6. The van der Waals surface area contributed by atoms with Crippen LogP contribution in [0.3, 0.4) is 0 Å². The van der Waals surface area contributed by atoms with Crippen molar-refractivity contribution in [2.45, 2.75) is 12.8 Å². The smallest absolute Gasteiger partial charge is 0.226 e. The number of amides is 1. The average Bonchev–Trinajstić information content (AvgIpc) is 3.03. The Morgan fingerprint density at radius 3 is 2.84 bits per heavy atom. The van der Waals surface area contributed by atoms with Crippen molar-refractivity contribution in [3.63, 3.8) is 0 Å². The number of carbonyl (C=O) groups is 1. The van der Waals surface area contributed by atoms with Crippen LogP contribution >= 0.6 is 22.9 Å². The molecule has 1 heterocycles. The molecule has 0 aliphatic heterocycles. The summed E-state index contributed by atoms with van der Waals surface area (Å²) in [6, 6.07) is 13.9. The van der Waals surface area contributed by atoms with Crippen molar-refractivity contribution >= 4 is 28.8 Å². The molecule has 0 spiro atoms. The van der Waals surface area contributed by atoms with E-state index in [9.17, 15) is 9.18 Å². The summed E-state index contributed by atoms with van der Waals surface area (Å²) in [5.74, 6) is -0.370. The molecule has 0 saturated heterocycles. The van der Waals surface area contributed by atoms with E-state index in [2.05, 4.69) is 10.3 Å². The number of nitrogens with one attached hydrogen (secondary N) is 1. The van der Waals surface area contributed by atoms with Crippen molar-refractivity contribution in [3.8, 4) is 10.6 Å². The monoisotopic (exact) mass is 374 g/mol. The van der Waals surface area contributed by atoms with Gasteiger partial charge in [0.2, 0.25) is 5.91 Å². The molecular weight excluding hydrogens is 359 g/mol. The van der Waals surface area contributed by atoms with E-state index in [4.69, 9.17) is 11.6 Å². The van der Waals surface area contributed by atoms with Crippen molar-refractivity contribution in [1.82, 2.24) is 10.3 Å². The fraction of sp³-hybridized carbons (Fsp3) is 0.158. The van der Waals surface area contributed by atoms with E-state index in [0.29, 0.717) is 23.7 Å². The van der Waals surface area contributed by atoms with Gasteiger partial charge in [-0.1, -0.05) is 41.9 Å². The first-order valence-electron chi connectivity index (χ1n) is 7.82. The quantitative estimate of drug-likeness (QED) is 0.690. The number of benzene rings is 2. The highest BCUT2D eigenvalue weighted by Crippen LogP contribution is 2.30. The summed E-state index contributed by atoms with van der Waals surface area (Å²) < 4.78 is 13.1. The first-order chi connectivity index (χ1) is 12.1. The highest BCUT2D eigenvalue weighted by atomic mass is 35.5. The summed E-state index contributed by atoms with van der Waals surface area (Å²) >= 11 is 7.64. The van der Waals surface area contributed by atoms with Crippen molar-refractivity contribution in [2.75, 3.05) is 6.54 Å². The zero-order valence-electron chi connectivity index (χ0n) is 13.3. The van der Waals surface area contributed by atoms with Crippen LogP contribution in [0.15, 0.2) is 53.9 Å². The lowest BCUT2D eigenvalue weighted by Gasteiger charge is -2.04. The third kappa shape index (κ3) is 4.87. The summed E-state index contributed by atoms with van der Waals surface area (Å²) in [5, 5.41) is 6.14. The first-order valence-corrected chi connectivity index (χ1v) is 9.08. The molecule has 3 rings (SSSR count). The molecular formula is C19H16ClFN2OS. The Morgan fingerprint density at radius 1 is 1.20 bits per heavy atom. The molecule has 0 unspecified atom stereocenters. The Labute approximate surface area is 154 Å². The Morgan fingerprint density at radius 2 is 2.04 bits per heavy atom. The second-order valence-corrected chi connectivity index (χ2v) is 6.80. The third-order valence-corrected chi connectivity index (χ3v) is 4.88. The minimum atomic E-state index is -0.265. The van der Waals surface area contributed by atoms with Crippen molar-refractivity contribution in [1.29, 1.82) is 0 Å². The fourth-order valence-corrected chi connectivity index (χ4v) is 3.55. The largest absolute Gasteiger partial charge is 0.355 e. The van der Waals surface area contributed by atoms with E-state index >= 15 is 0 Å². The Bertz CT molecular complexity index is 881. The van der Waals surface area contributed by atoms with Crippen LogP contribution in [-0.2, 0) is 17.6 Å². The number of hydrogen-bond acceptors (Lipinski definition) is 3. The van der Waals surface area contributed by atoms with E-state index < -0.39 is 0 Å². The van der Waals surface area contributed by atoms with Crippen molar-refractivity contribution in [3.05, 3.63) is 76.0 Å². The van der Waals surface area contributed by atoms with Gasteiger partial charge in [0, 0.05) is 17.5 Å². The molecule has 128 valence electrons. The Kier molecular flexibility index (Phi) is 5.79. The maximum atomic E-state index is 13.1. The molecule has 3 nitrogen and oxygen atoms in total. The summed E-state index contributed by atoms with van der Waals surface area (Å²) in [5.41, 5.74) is 2.44. The Hall–Kier alpha value is -2.24. The predicted octanol–water partition coefficient (Wildman–Crippen LogP) is 4.50. The maximum absolute atomic E-state index is 13.1. The third-order valence-electron chi connectivity index (χ3n) is 3.62. The van der Waals surface area contributed by atoms with Gasteiger partial charge < -0.3 is 5.32 Å². The molecule has 0 saturated carbocycles. The van der Waals surface area contributed by atoms with Crippen LogP contribution in [0.5, 0.6) is 0 Å². The molecule has 1 aromatic heterocycles. The first kappa shape index (κ1) is 17.6. The maximum Gasteiger partial charge on any atom is 0.226 e. The molecule has 0 atom stereocenters. The topological polar surface area (TPSA) is 42.0 Å². The van der Waals surface area contributed by atoms with Crippen molar-refractivity contribution < 1.29 is 9.18 Å². The van der Waals surface area contributed by atoms with Gasteiger partial charge in [0.25, 0.3) is 0 Å². The van der Waals surface area contributed by atoms with Gasteiger partial charge in [0.1, 0.15) is 10.8 Å². The molecule has 1 amide bonds. The summed E-state index contributed by atoms with van der Waals surface area (Å²) in [4.78, 5) is 16.5. The van der Waals surface area contributed by atoms with E-state index in [1.807, 2.05) is 35.7 Å². The van der Waals surface area contributed by atoms with Crippen molar-refractivity contribution in [2.24, 2.45) is 0 Å². The van der Waals surface area contributed by atoms with Crippen LogP contribution in [0, 0.1) is 5.82 Å². The van der Waals surface area contributed by atoms with Crippen LogP contribution in [-0.4, -0.2) is 17.4 Å². The predicted molar refractivity (Wildman–Crippen MR) is 99.4 cm³/mol. The van der Waals surface area contributed by atoms with Gasteiger partial charge in [0.05, 0.1) is 17.1 Å². The normalized spacial score (nSPS) is 10.6. The van der Waals surface area contributed by atoms with Gasteiger partial charge in [-0.25, -0.2) is 9.37 Å². The second-order valence-electron chi connectivity index (χ2n) is 5.53. The number of rotatable bonds is 6. The van der Waals surface area contributed by atoms with E-state index in [-0.39, 0.29) is 18.1 Å². The van der Waals surface area contributed by atoms with Gasteiger partial charge in [-0.05, 0) is 30.2 Å². The van der Waals surface area contributed by atoms with E-state index in [0.717, 1.165) is 16.1 Å². The number of hydrogen-bond donors (Lipinski definition) is 1. The molecule has 3 aromatic rings. The van der Waals surface area contributed by atoms with Crippen LogP contribution in [0.2, 0.25) is 5.02 Å². The highest BCUT2D eigenvalue weighted by Gasteiger charge is 2.10. The number of thiazole rings is 1. The molecule has 0 radical (unpaired) electrons. The van der Waals surface area contributed by atoms with E-state index in [1.165, 1.54) is 23.5 Å². The molecule has 0 fully saturated rings. The number of halogens is 2. The summed E-state index contributed by atoms with van der Waals surface area (Å²) in [6.45, 7) is 0.462. The van der Waals surface area contributed by atoms with Gasteiger partial charge in [-0.3, -0.25) is 4.79 Å². The summed E-state index contributed by atoms with van der Waals surface area (Å²) in [7, 11) is 0. The number of nitrogens with zero attached hydrogens (tertiary/aromatic N) is 1. The molecule has 2 aromatic carbocycles. The van der Waals surface area contributed by atoms with Crippen LogP contribution in [0.25, 0.3) is 10.6 Å². The van der Waals surface area contributed by atoms with Gasteiger partial charge in [-0.2, -0.15) is 0 Å². The standard InChI is InChI=1S/C19H16ClFN2OS/c20-17-7-2-1-6-16(17)19-23-15(12-25-19)11-18(24)22-9-8-13-4-3-5-14(21)10-13/h1-7,10,12H,8-9,11H2,(H,22,24). The highest BCUT2D eigenvalue weighted by molar-refractivity contribution is 7.13. The SMILES string of the molecule is O=C(Cc1csc(-c2ccccc2Cl)n1)NCCc1cccc(F)c1. The van der Waals surface area contributed by atoms with Crippen LogP contribution in [0.1, 0.15) is 11.3 Å². The number of carbonyl (C=O) groups excluding carboxylic acids is 1. The number of aromatic nitrogens is 1. The fourth-order valence-electron chi connectivity index (χ4n) is 2.41. The molecule has 0 aliphatic carbocycles. The van der Waals surface area contributed by atoms with Crippen LogP contribution < -0.4 is 5.32 Å². The minimum Gasteiger partial charge on any atom is -0.355 e. The van der Waals surface area contributed by atoms with E-state index in [1.54, 1.807) is 6.07 Å². The van der Waals surface area contributed by atoms with Gasteiger partial charge in [0.15, 0.2) is 0 Å². The molecule has 1 N–H and O–H groups in total. The van der Waals surface area contributed by atoms with Gasteiger partial charge >= 0.3 is 0 Å². The second kappa shape index (κ2) is 8.23. The molecule has 0 aliphatic rings. The van der Waals surface area contributed by atoms with Gasteiger partial charge in [-0.15, -0.1) is 11.3 Å². The molecule has 25 heavy (non-hydrogen) atoms. The molecule has 0 bridgehead atoms. The van der Waals surface area contributed by atoms with Crippen LogP contribution in [0.4, 0.5) is 4.39 Å².